The summed E-state index contributed by atoms with van der Waals surface area (Å²) in [5.41, 5.74) is 7.10. The Kier molecular flexibility index (Phi) is 3.93. The second-order valence-corrected chi connectivity index (χ2v) is 5.03. The standard InChI is InChI=1S/C11H11BrN4OS/c1-16-5-8(14-15-16)6-17-10-3-2-7(12)4-9(10)11(13)18/h2-5H,6H2,1H3,(H2,13,18). The van der Waals surface area contributed by atoms with Crippen molar-refractivity contribution in [2.75, 3.05) is 0 Å². The average molecular weight is 327 g/mol. The van der Waals surface area contributed by atoms with Gasteiger partial charge in [0.25, 0.3) is 0 Å². The molecule has 0 aliphatic carbocycles. The lowest BCUT2D eigenvalue weighted by Crippen LogP contribution is -2.11. The van der Waals surface area contributed by atoms with Crippen LogP contribution in [0.1, 0.15) is 11.3 Å². The minimum atomic E-state index is 0.297. The maximum Gasteiger partial charge on any atom is 0.134 e. The molecule has 0 bridgehead atoms. The Morgan fingerprint density at radius 2 is 2.33 bits per heavy atom. The molecule has 18 heavy (non-hydrogen) atoms. The van der Waals surface area contributed by atoms with Crippen LogP contribution >= 0.6 is 28.1 Å². The molecule has 1 aromatic carbocycles. The number of hydrogen-bond acceptors (Lipinski definition) is 4. The van der Waals surface area contributed by atoms with Gasteiger partial charge < -0.3 is 10.5 Å². The molecule has 0 unspecified atom stereocenters. The third kappa shape index (κ3) is 3.05. The fraction of sp³-hybridized carbons (Fsp3) is 0.182. The van der Waals surface area contributed by atoms with Gasteiger partial charge in [0.05, 0.1) is 11.8 Å². The second-order valence-electron chi connectivity index (χ2n) is 3.68. The van der Waals surface area contributed by atoms with E-state index in [9.17, 15) is 0 Å². The molecule has 0 amide bonds. The highest BCUT2D eigenvalue weighted by molar-refractivity contribution is 9.10. The first kappa shape index (κ1) is 13.0. The number of halogens is 1. The lowest BCUT2D eigenvalue weighted by molar-refractivity contribution is 0.300. The molecule has 7 heteroatoms. The molecule has 0 radical (unpaired) electrons. The summed E-state index contributed by atoms with van der Waals surface area (Å²) in [7, 11) is 1.80. The number of aromatic nitrogens is 3. The normalized spacial score (nSPS) is 10.3. The molecule has 2 rings (SSSR count). The van der Waals surface area contributed by atoms with Gasteiger partial charge in [0.15, 0.2) is 0 Å². The summed E-state index contributed by atoms with van der Waals surface area (Å²) in [5.74, 6) is 0.636. The van der Waals surface area contributed by atoms with Crippen LogP contribution in [0, 0.1) is 0 Å². The topological polar surface area (TPSA) is 66.0 Å². The summed E-state index contributed by atoms with van der Waals surface area (Å²) in [6.45, 7) is 0.324. The monoisotopic (exact) mass is 326 g/mol. The van der Waals surface area contributed by atoms with Crippen molar-refractivity contribution in [1.29, 1.82) is 0 Å². The number of rotatable bonds is 4. The summed E-state index contributed by atoms with van der Waals surface area (Å²) >= 11 is 8.36. The van der Waals surface area contributed by atoms with Crippen molar-refractivity contribution in [1.82, 2.24) is 15.0 Å². The molecule has 0 spiro atoms. The molecule has 0 aliphatic heterocycles. The fourth-order valence-corrected chi connectivity index (χ4v) is 1.95. The van der Waals surface area contributed by atoms with Gasteiger partial charge in [-0.05, 0) is 18.2 Å². The van der Waals surface area contributed by atoms with Crippen LogP contribution in [-0.4, -0.2) is 20.0 Å². The van der Waals surface area contributed by atoms with E-state index in [1.165, 1.54) is 0 Å². The first-order chi connectivity index (χ1) is 8.56. The van der Waals surface area contributed by atoms with Crippen molar-refractivity contribution in [3.63, 3.8) is 0 Å². The van der Waals surface area contributed by atoms with E-state index in [0.717, 1.165) is 10.2 Å². The van der Waals surface area contributed by atoms with Crippen molar-refractivity contribution < 1.29 is 4.74 Å². The number of aryl methyl sites for hydroxylation is 1. The van der Waals surface area contributed by atoms with E-state index >= 15 is 0 Å². The van der Waals surface area contributed by atoms with Gasteiger partial charge >= 0.3 is 0 Å². The zero-order valence-corrected chi connectivity index (χ0v) is 12.0. The van der Waals surface area contributed by atoms with Crippen molar-refractivity contribution in [2.24, 2.45) is 12.8 Å². The van der Waals surface area contributed by atoms with Gasteiger partial charge in [-0.1, -0.05) is 33.4 Å². The Bertz CT molecular complexity index is 584. The van der Waals surface area contributed by atoms with Gasteiger partial charge in [0.1, 0.15) is 23.0 Å². The Labute approximate surface area is 118 Å². The van der Waals surface area contributed by atoms with Crippen LogP contribution in [0.4, 0.5) is 0 Å². The lowest BCUT2D eigenvalue weighted by atomic mass is 10.2. The Morgan fingerprint density at radius 3 is 2.94 bits per heavy atom. The highest BCUT2D eigenvalue weighted by atomic mass is 79.9. The quantitative estimate of drug-likeness (QED) is 0.868. The summed E-state index contributed by atoms with van der Waals surface area (Å²) < 4.78 is 8.17. The van der Waals surface area contributed by atoms with Gasteiger partial charge in [-0.3, -0.25) is 4.68 Å². The summed E-state index contributed by atoms with van der Waals surface area (Å²) in [5, 5.41) is 7.77. The molecule has 0 atom stereocenters. The van der Waals surface area contributed by atoms with E-state index in [4.69, 9.17) is 22.7 Å². The fourth-order valence-electron chi connectivity index (χ4n) is 1.43. The largest absolute Gasteiger partial charge is 0.486 e. The van der Waals surface area contributed by atoms with Gasteiger partial charge in [0.2, 0.25) is 0 Å². The van der Waals surface area contributed by atoms with Gasteiger partial charge in [-0.2, -0.15) is 0 Å². The van der Waals surface area contributed by atoms with Crippen LogP contribution in [0.25, 0.3) is 0 Å². The minimum Gasteiger partial charge on any atom is -0.486 e. The third-order valence-corrected chi connectivity index (χ3v) is 2.95. The van der Waals surface area contributed by atoms with E-state index < -0.39 is 0 Å². The zero-order valence-electron chi connectivity index (χ0n) is 9.63. The minimum absolute atomic E-state index is 0.297. The van der Waals surface area contributed by atoms with E-state index in [2.05, 4.69) is 26.2 Å². The maximum atomic E-state index is 5.66. The molecule has 0 fully saturated rings. The van der Waals surface area contributed by atoms with Crippen molar-refractivity contribution in [3.05, 3.63) is 40.1 Å². The Hall–Kier alpha value is -1.47. The van der Waals surface area contributed by atoms with E-state index in [1.54, 1.807) is 17.9 Å². The molecule has 1 aromatic heterocycles. The first-order valence-electron chi connectivity index (χ1n) is 5.13. The number of benzene rings is 1. The number of ether oxygens (including phenoxy) is 1. The molecular formula is C11H11BrN4OS. The molecule has 2 N–H and O–H groups in total. The van der Waals surface area contributed by atoms with Crippen LogP contribution in [0.3, 0.4) is 0 Å². The predicted molar refractivity (Wildman–Crippen MR) is 75.4 cm³/mol. The van der Waals surface area contributed by atoms with Crippen molar-refractivity contribution in [3.8, 4) is 5.75 Å². The molecular weight excluding hydrogens is 316 g/mol. The van der Waals surface area contributed by atoms with Crippen LogP contribution in [0.2, 0.25) is 0 Å². The number of nitrogens with zero attached hydrogens (tertiary/aromatic N) is 3. The predicted octanol–water partition coefficient (Wildman–Crippen LogP) is 1.79. The highest BCUT2D eigenvalue weighted by Gasteiger charge is 2.08. The highest BCUT2D eigenvalue weighted by Crippen LogP contribution is 2.23. The molecule has 0 saturated heterocycles. The van der Waals surface area contributed by atoms with Crippen LogP contribution in [-0.2, 0) is 13.7 Å². The second kappa shape index (κ2) is 5.45. The van der Waals surface area contributed by atoms with Crippen molar-refractivity contribution >= 4 is 33.1 Å². The average Bonchev–Trinajstić information content (AvgIpc) is 2.73. The number of hydrogen-bond donors (Lipinski definition) is 1. The molecule has 0 saturated carbocycles. The Balaban J connectivity index is 2.16. The smallest absolute Gasteiger partial charge is 0.134 e. The molecule has 5 nitrogen and oxygen atoms in total. The van der Waals surface area contributed by atoms with Crippen LogP contribution in [0.15, 0.2) is 28.9 Å². The maximum absolute atomic E-state index is 5.66. The molecule has 94 valence electrons. The summed E-state index contributed by atoms with van der Waals surface area (Å²) in [4.78, 5) is 0.297. The summed E-state index contributed by atoms with van der Waals surface area (Å²) in [6, 6.07) is 5.51. The summed E-state index contributed by atoms with van der Waals surface area (Å²) in [6.07, 6.45) is 1.79. The van der Waals surface area contributed by atoms with Crippen LogP contribution in [0.5, 0.6) is 5.75 Å². The SMILES string of the molecule is Cn1cc(COc2ccc(Br)cc2C(N)=S)nn1. The van der Waals surface area contributed by atoms with E-state index in [-0.39, 0.29) is 0 Å². The van der Waals surface area contributed by atoms with Gasteiger partial charge in [-0.25, -0.2) is 0 Å². The van der Waals surface area contributed by atoms with Crippen molar-refractivity contribution in [2.45, 2.75) is 6.61 Å². The third-order valence-electron chi connectivity index (χ3n) is 2.23. The zero-order chi connectivity index (χ0) is 13.1. The van der Waals surface area contributed by atoms with Gasteiger partial charge in [0, 0.05) is 11.5 Å². The van der Waals surface area contributed by atoms with E-state index in [1.807, 2.05) is 18.2 Å². The molecule has 1 heterocycles. The number of nitrogens with two attached hydrogens (primary N) is 1. The lowest BCUT2D eigenvalue weighted by Gasteiger charge is -2.09. The first-order valence-corrected chi connectivity index (χ1v) is 6.34. The molecule has 2 aromatic rings. The molecule has 0 aliphatic rings. The Morgan fingerprint density at radius 1 is 1.56 bits per heavy atom. The van der Waals surface area contributed by atoms with Gasteiger partial charge in [-0.15, -0.1) is 5.10 Å². The van der Waals surface area contributed by atoms with E-state index in [0.29, 0.717) is 22.9 Å². The number of thiocarbonyl (C=S) groups is 1. The van der Waals surface area contributed by atoms with Crippen LogP contribution < -0.4 is 10.5 Å².